The molecule has 0 saturated carbocycles. The maximum atomic E-state index is 12.4. The molecule has 2 unspecified atom stereocenters. The molecule has 1 saturated heterocycles. The summed E-state index contributed by atoms with van der Waals surface area (Å²) in [6.07, 6.45) is 3.34. The number of hydrogen-bond donors (Lipinski definition) is 2. The lowest BCUT2D eigenvalue weighted by molar-refractivity contribution is -0.138. The number of nitrogens with zero attached hydrogens (tertiary/aromatic N) is 1. The molecular formula is C17H23N3O. The predicted molar refractivity (Wildman–Crippen MR) is 84.8 cm³/mol. The number of H-pyrrole nitrogens is 1. The number of hydrogen-bond acceptors (Lipinski definition) is 2. The van der Waals surface area contributed by atoms with Gasteiger partial charge >= 0.3 is 0 Å². The van der Waals surface area contributed by atoms with Gasteiger partial charge < -0.3 is 15.6 Å². The van der Waals surface area contributed by atoms with Gasteiger partial charge in [-0.1, -0.05) is 32.0 Å². The quantitative estimate of drug-likeness (QED) is 0.911. The van der Waals surface area contributed by atoms with E-state index in [1.807, 2.05) is 23.2 Å². The number of benzene rings is 1. The third-order valence-corrected chi connectivity index (χ3v) is 4.25. The minimum Gasteiger partial charge on any atom is -0.361 e. The average molecular weight is 285 g/mol. The van der Waals surface area contributed by atoms with E-state index in [-0.39, 0.29) is 18.0 Å². The third kappa shape index (κ3) is 2.56. The molecule has 1 amide bonds. The van der Waals surface area contributed by atoms with Crippen molar-refractivity contribution in [2.75, 3.05) is 6.54 Å². The molecule has 1 aromatic heterocycles. The Hall–Kier alpha value is -1.81. The fourth-order valence-electron chi connectivity index (χ4n) is 3.32. The van der Waals surface area contributed by atoms with Gasteiger partial charge in [-0.05, 0) is 18.4 Å². The van der Waals surface area contributed by atoms with E-state index in [1.54, 1.807) is 0 Å². The third-order valence-electron chi connectivity index (χ3n) is 4.25. The number of piperidine rings is 1. The molecule has 1 aliphatic rings. The van der Waals surface area contributed by atoms with Gasteiger partial charge in [-0.2, -0.15) is 0 Å². The lowest BCUT2D eigenvalue weighted by Crippen LogP contribution is -2.49. The number of nitrogens with one attached hydrogen (secondary N) is 1. The first-order valence-electron chi connectivity index (χ1n) is 7.69. The Morgan fingerprint density at radius 1 is 1.38 bits per heavy atom. The first-order valence-corrected chi connectivity index (χ1v) is 7.69. The van der Waals surface area contributed by atoms with Crippen molar-refractivity contribution in [1.82, 2.24) is 9.88 Å². The Bertz CT molecular complexity index is 646. The first-order chi connectivity index (χ1) is 10.1. The molecule has 4 nitrogen and oxygen atoms in total. The van der Waals surface area contributed by atoms with Crippen LogP contribution >= 0.6 is 0 Å². The SMILES string of the molecule is CC(C)CN1C(=O)CCC(N)C1c1c[nH]c2ccccc12. The highest BCUT2D eigenvalue weighted by Gasteiger charge is 2.36. The minimum absolute atomic E-state index is 0.000608. The number of nitrogens with two attached hydrogens (primary N) is 1. The van der Waals surface area contributed by atoms with Crippen molar-refractivity contribution in [3.63, 3.8) is 0 Å². The van der Waals surface area contributed by atoms with E-state index in [0.29, 0.717) is 12.3 Å². The van der Waals surface area contributed by atoms with Crippen LogP contribution in [0.2, 0.25) is 0 Å². The average Bonchev–Trinajstić information content (AvgIpc) is 2.87. The van der Waals surface area contributed by atoms with E-state index in [4.69, 9.17) is 5.73 Å². The number of aromatic amines is 1. The smallest absolute Gasteiger partial charge is 0.223 e. The van der Waals surface area contributed by atoms with Crippen molar-refractivity contribution in [2.24, 2.45) is 11.7 Å². The zero-order chi connectivity index (χ0) is 15.0. The van der Waals surface area contributed by atoms with Gasteiger partial charge in [-0.15, -0.1) is 0 Å². The standard InChI is InChI=1S/C17H23N3O/c1-11(2)10-20-16(21)8-7-14(18)17(20)13-9-19-15-6-4-3-5-12(13)15/h3-6,9,11,14,17,19H,7-8,10,18H2,1-2H3. The molecule has 0 spiro atoms. The van der Waals surface area contributed by atoms with Crippen molar-refractivity contribution < 1.29 is 4.79 Å². The summed E-state index contributed by atoms with van der Waals surface area (Å²) in [6, 6.07) is 8.18. The van der Waals surface area contributed by atoms with Crippen LogP contribution in [0, 0.1) is 5.92 Å². The summed E-state index contributed by atoms with van der Waals surface area (Å²) in [5, 5.41) is 1.17. The highest BCUT2D eigenvalue weighted by atomic mass is 16.2. The second-order valence-corrected chi connectivity index (χ2v) is 6.38. The normalized spacial score (nSPS) is 23.2. The van der Waals surface area contributed by atoms with Gasteiger partial charge in [0.25, 0.3) is 0 Å². The van der Waals surface area contributed by atoms with Gasteiger partial charge in [0, 0.05) is 41.7 Å². The van der Waals surface area contributed by atoms with Crippen LogP contribution in [0.25, 0.3) is 10.9 Å². The molecule has 1 aromatic carbocycles. The number of carbonyl (C=O) groups excluding carboxylic acids is 1. The summed E-state index contributed by atoms with van der Waals surface area (Å²) in [6.45, 7) is 5.04. The largest absolute Gasteiger partial charge is 0.361 e. The van der Waals surface area contributed by atoms with Crippen molar-refractivity contribution in [2.45, 2.75) is 38.8 Å². The summed E-state index contributed by atoms with van der Waals surface area (Å²) < 4.78 is 0. The number of carbonyl (C=O) groups is 1. The molecule has 2 aromatic rings. The van der Waals surface area contributed by atoms with Gasteiger partial charge in [0.1, 0.15) is 0 Å². The Labute approximate surface area is 125 Å². The molecule has 0 aliphatic carbocycles. The van der Waals surface area contributed by atoms with E-state index in [9.17, 15) is 4.79 Å². The molecule has 21 heavy (non-hydrogen) atoms. The number of amides is 1. The molecule has 3 N–H and O–H groups in total. The zero-order valence-electron chi connectivity index (χ0n) is 12.7. The van der Waals surface area contributed by atoms with Crippen molar-refractivity contribution in [3.8, 4) is 0 Å². The van der Waals surface area contributed by atoms with Gasteiger partial charge in [-0.3, -0.25) is 4.79 Å². The molecule has 0 radical (unpaired) electrons. The Morgan fingerprint density at radius 2 is 2.14 bits per heavy atom. The van der Waals surface area contributed by atoms with E-state index in [2.05, 4.69) is 31.0 Å². The number of aromatic nitrogens is 1. The van der Waals surface area contributed by atoms with Crippen molar-refractivity contribution >= 4 is 16.8 Å². The summed E-state index contributed by atoms with van der Waals surface area (Å²) in [4.78, 5) is 17.7. The van der Waals surface area contributed by atoms with E-state index >= 15 is 0 Å². The van der Waals surface area contributed by atoms with Gasteiger partial charge in [0.15, 0.2) is 0 Å². The molecule has 3 rings (SSSR count). The summed E-state index contributed by atoms with van der Waals surface area (Å²) in [5.41, 5.74) is 8.63. The number of rotatable bonds is 3. The fraction of sp³-hybridized carbons (Fsp3) is 0.471. The van der Waals surface area contributed by atoms with Gasteiger partial charge in [-0.25, -0.2) is 0 Å². The maximum absolute atomic E-state index is 12.4. The highest BCUT2D eigenvalue weighted by Crippen LogP contribution is 2.35. The molecule has 4 heteroatoms. The molecule has 2 atom stereocenters. The second-order valence-electron chi connectivity index (χ2n) is 6.38. The monoisotopic (exact) mass is 285 g/mol. The van der Waals surface area contributed by atoms with Crippen LogP contribution in [0.15, 0.2) is 30.5 Å². The topological polar surface area (TPSA) is 62.1 Å². The van der Waals surface area contributed by atoms with Gasteiger partial charge in [0.05, 0.1) is 6.04 Å². The fourth-order valence-corrected chi connectivity index (χ4v) is 3.32. The van der Waals surface area contributed by atoms with Crippen LogP contribution in [0.3, 0.4) is 0 Å². The van der Waals surface area contributed by atoms with Crippen LogP contribution in [-0.4, -0.2) is 28.4 Å². The molecule has 112 valence electrons. The zero-order valence-corrected chi connectivity index (χ0v) is 12.7. The van der Waals surface area contributed by atoms with Crippen LogP contribution in [0.4, 0.5) is 0 Å². The Morgan fingerprint density at radius 3 is 2.90 bits per heavy atom. The van der Waals surface area contributed by atoms with E-state index in [0.717, 1.165) is 24.0 Å². The number of likely N-dealkylation sites (tertiary alicyclic amines) is 1. The summed E-state index contributed by atoms with van der Waals surface area (Å²) in [7, 11) is 0. The van der Waals surface area contributed by atoms with Gasteiger partial charge in [0.2, 0.25) is 5.91 Å². The molecule has 1 fully saturated rings. The van der Waals surface area contributed by atoms with Crippen LogP contribution < -0.4 is 5.73 Å². The molecule has 1 aliphatic heterocycles. The number of fused-ring (bicyclic) bond motifs is 1. The van der Waals surface area contributed by atoms with Crippen molar-refractivity contribution in [1.29, 1.82) is 0 Å². The predicted octanol–water partition coefficient (Wildman–Crippen LogP) is 2.81. The minimum atomic E-state index is -0.0233. The molecular weight excluding hydrogens is 262 g/mol. The van der Waals surface area contributed by atoms with Crippen molar-refractivity contribution in [3.05, 3.63) is 36.0 Å². The van der Waals surface area contributed by atoms with E-state index in [1.165, 1.54) is 5.39 Å². The molecule has 2 heterocycles. The summed E-state index contributed by atoms with van der Waals surface area (Å²) in [5.74, 6) is 0.660. The summed E-state index contributed by atoms with van der Waals surface area (Å²) >= 11 is 0. The Kier molecular flexibility index (Phi) is 3.72. The van der Waals surface area contributed by atoms with Crippen LogP contribution in [0.1, 0.15) is 38.3 Å². The lowest BCUT2D eigenvalue weighted by atomic mass is 9.89. The maximum Gasteiger partial charge on any atom is 0.223 e. The second kappa shape index (κ2) is 5.53. The molecule has 0 bridgehead atoms. The lowest BCUT2D eigenvalue weighted by Gasteiger charge is -2.40. The highest BCUT2D eigenvalue weighted by molar-refractivity contribution is 5.85. The van der Waals surface area contributed by atoms with E-state index < -0.39 is 0 Å². The van der Waals surface area contributed by atoms with Crippen LogP contribution in [-0.2, 0) is 4.79 Å². The number of para-hydroxylation sites is 1. The van der Waals surface area contributed by atoms with Crippen LogP contribution in [0.5, 0.6) is 0 Å². The first kappa shape index (κ1) is 14.1. The Balaban J connectivity index is 2.04.